The van der Waals surface area contributed by atoms with Gasteiger partial charge in [-0.15, -0.1) is 0 Å². The van der Waals surface area contributed by atoms with Gasteiger partial charge in [0.15, 0.2) is 0 Å². The first kappa shape index (κ1) is 13.7. The summed E-state index contributed by atoms with van der Waals surface area (Å²) in [6.45, 7) is 2.10. The van der Waals surface area contributed by atoms with Crippen molar-refractivity contribution in [1.29, 1.82) is 0 Å². The normalized spacial score (nSPS) is 10.1. The maximum Gasteiger partial charge on any atom is 0.261 e. The van der Waals surface area contributed by atoms with Crippen LogP contribution in [-0.2, 0) is 4.79 Å². The SMILES string of the molecule is CC(=O)N(CCCN)C(=O)c1ccccc1Cl. The number of benzene rings is 1. The van der Waals surface area contributed by atoms with Crippen molar-refractivity contribution in [2.24, 2.45) is 5.73 Å². The molecule has 0 aliphatic rings. The minimum Gasteiger partial charge on any atom is -0.330 e. The van der Waals surface area contributed by atoms with E-state index >= 15 is 0 Å². The fraction of sp³-hybridized carbons (Fsp3) is 0.333. The highest BCUT2D eigenvalue weighted by Gasteiger charge is 2.20. The number of nitrogens with two attached hydrogens (primary N) is 1. The lowest BCUT2D eigenvalue weighted by Gasteiger charge is -2.19. The maximum absolute atomic E-state index is 12.1. The van der Waals surface area contributed by atoms with Crippen LogP contribution in [0.5, 0.6) is 0 Å². The van der Waals surface area contributed by atoms with Gasteiger partial charge in [-0.3, -0.25) is 14.5 Å². The van der Waals surface area contributed by atoms with Crippen molar-refractivity contribution >= 4 is 23.4 Å². The molecule has 92 valence electrons. The van der Waals surface area contributed by atoms with Crippen molar-refractivity contribution in [3.05, 3.63) is 34.9 Å². The van der Waals surface area contributed by atoms with Crippen molar-refractivity contribution in [1.82, 2.24) is 4.90 Å². The van der Waals surface area contributed by atoms with E-state index in [1.54, 1.807) is 24.3 Å². The lowest BCUT2D eigenvalue weighted by molar-refractivity contribution is -0.126. The summed E-state index contributed by atoms with van der Waals surface area (Å²) in [6.07, 6.45) is 0.579. The van der Waals surface area contributed by atoms with Gasteiger partial charge in [0.05, 0.1) is 10.6 Å². The van der Waals surface area contributed by atoms with E-state index in [0.29, 0.717) is 30.1 Å². The third kappa shape index (κ3) is 3.54. The first-order valence-electron chi connectivity index (χ1n) is 5.35. The number of nitrogens with zero attached hydrogens (tertiary/aromatic N) is 1. The van der Waals surface area contributed by atoms with Crippen LogP contribution in [0.15, 0.2) is 24.3 Å². The van der Waals surface area contributed by atoms with Crippen LogP contribution in [0.25, 0.3) is 0 Å². The first-order valence-corrected chi connectivity index (χ1v) is 5.72. The average molecular weight is 255 g/mol. The second-order valence-electron chi connectivity index (χ2n) is 3.60. The first-order chi connectivity index (χ1) is 8.07. The van der Waals surface area contributed by atoms with E-state index in [9.17, 15) is 9.59 Å². The number of carbonyl (C=O) groups excluding carboxylic acids is 2. The van der Waals surface area contributed by atoms with Gasteiger partial charge in [-0.25, -0.2) is 0 Å². The average Bonchev–Trinajstić information content (AvgIpc) is 2.29. The highest BCUT2D eigenvalue weighted by molar-refractivity contribution is 6.34. The van der Waals surface area contributed by atoms with Gasteiger partial charge in [-0.1, -0.05) is 23.7 Å². The van der Waals surface area contributed by atoms with Gasteiger partial charge in [-0.2, -0.15) is 0 Å². The van der Waals surface area contributed by atoms with Gasteiger partial charge in [0.25, 0.3) is 5.91 Å². The smallest absolute Gasteiger partial charge is 0.261 e. The molecule has 0 spiro atoms. The molecule has 0 fully saturated rings. The third-order valence-electron chi connectivity index (χ3n) is 2.32. The Morgan fingerprint density at radius 1 is 1.35 bits per heavy atom. The van der Waals surface area contributed by atoms with Gasteiger partial charge in [-0.05, 0) is 25.1 Å². The molecule has 5 heteroatoms. The van der Waals surface area contributed by atoms with E-state index in [1.807, 2.05) is 0 Å². The highest BCUT2D eigenvalue weighted by atomic mass is 35.5. The Morgan fingerprint density at radius 3 is 2.53 bits per heavy atom. The Kier molecular flexibility index (Phi) is 5.12. The van der Waals surface area contributed by atoms with Crippen LogP contribution in [0.3, 0.4) is 0 Å². The van der Waals surface area contributed by atoms with Gasteiger partial charge in [0, 0.05) is 13.5 Å². The molecule has 0 aliphatic heterocycles. The number of carbonyl (C=O) groups is 2. The summed E-state index contributed by atoms with van der Waals surface area (Å²) in [7, 11) is 0. The molecule has 0 atom stereocenters. The Hall–Kier alpha value is -1.39. The summed E-state index contributed by atoms with van der Waals surface area (Å²) in [5, 5.41) is 0.344. The molecule has 0 bridgehead atoms. The van der Waals surface area contributed by atoms with E-state index in [-0.39, 0.29) is 11.8 Å². The topological polar surface area (TPSA) is 63.4 Å². The fourth-order valence-corrected chi connectivity index (χ4v) is 1.65. The van der Waals surface area contributed by atoms with E-state index in [0.717, 1.165) is 4.90 Å². The molecule has 0 saturated carbocycles. The molecular formula is C12H15ClN2O2. The zero-order valence-corrected chi connectivity index (χ0v) is 10.4. The van der Waals surface area contributed by atoms with Crippen molar-refractivity contribution in [3.63, 3.8) is 0 Å². The summed E-state index contributed by atoms with van der Waals surface area (Å²) in [5.41, 5.74) is 5.70. The Labute approximate surface area is 105 Å². The van der Waals surface area contributed by atoms with Gasteiger partial charge >= 0.3 is 0 Å². The molecule has 0 heterocycles. The van der Waals surface area contributed by atoms with Crippen LogP contribution >= 0.6 is 11.6 Å². The van der Waals surface area contributed by atoms with Gasteiger partial charge < -0.3 is 5.73 Å². The molecule has 2 amide bonds. The number of rotatable bonds is 4. The van der Waals surface area contributed by atoms with Crippen molar-refractivity contribution in [2.45, 2.75) is 13.3 Å². The monoisotopic (exact) mass is 254 g/mol. The summed E-state index contributed by atoms with van der Waals surface area (Å²) >= 11 is 5.92. The second kappa shape index (κ2) is 6.37. The Bertz CT molecular complexity index is 421. The molecule has 0 radical (unpaired) electrons. The second-order valence-corrected chi connectivity index (χ2v) is 4.01. The number of halogens is 1. The minimum atomic E-state index is -0.378. The molecule has 0 aliphatic carbocycles. The Morgan fingerprint density at radius 2 is 2.00 bits per heavy atom. The predicted octanol–water partition coefficient (Wildman–Crippen LogP) is 1.68. The lowest BCUT2D eigenvalue weighted by atomic mass is 10.2. The number of imide groups is 1. The zero-order chi connectivity index (χ0) is 12.8. The summed E-state index contributed by atoms with van der Waals surface area (Å²) in [6, 6.07) is 6.66. The molecule has 0 saturated heterocycles. The summed E-state index contributed by atoms with van der Waals surface area (Å²) in [5.74, 6) is -0.681. The number of amides is 2. The number of hydrogen-bond donors (Lipinski definition) is 1. The van der Waals surface area contributed by atoms with Crippen LogP contribution in [0.2, 0.25) is 5.02 Å². The Balaban J connectivity index is 2.92. The summed E-state index contributed by atoms with van der Waals surface area (Å²) in [4.78, 5) is 24.7. The molecule has 0 aromatic heterocycles. The minimum absolute atomic E-state index is 0.302. The molecule has 1 aromatic rings. The summed E-state index contributed by atoms with van der Waals surface area (Å²) < 4.78 is 0. The van der Waals surface area contributed by atoms with Gasteiger partial charge in [0.1, 0.15) is 0 Å². The molecule has 1 rings (SSSR count). The van der Waals surface area contributed by atoms with Gasteiger partial charge in [0.2, 0.25) is 5.91 Å². The van der Waals surface area contributed by atoms with Crippen LogP contribution in [0, 0.1) is 0 Å². The quantitative estimate of drug-likeness (QED) is 0.889. The molecule has 2 N–H and O–H groups in total. The van der Waals surface area contributed by atoms with E-state index < -0.39 is 0 Å². The van der Waals surface area contributed by atoms with Crippen LogP contribution in [-0.4, -0.2) is 29.8 Å². The predicted molar refractivity (Wildman–Crippen MR) is 66.8 cm³/mol. The molecular weight excluding hydrogens is 240 g/mol. The third-order valence-corrected chi connectivity index (χ3v) is 2.64. The lowest BCUT2D eigenvalue weighted by Crippen LogP contribution is -2.36. The fourth-order valence-electron chi connectivity index (χ4n) is 1.43. The standard InChI is InChI=1S/C12H15ClN2O2/c1-9(16)15(8-4-7-14)12(17)10-5-2-3-6-11(10)13/h2-3,5-6H,4,7-8,14H2,1H3. The molecule has 1 aromatic carbocycles. The van der Waals surface area contributed by atoms with Crippen LogP contribution in [0.1, 0.15) is 23.7 Å². The van der Waals surface area contributed by atoms with E-state index in [4.69, 9.17) is 17.3 Å². The van der Waals surface area contributed by atoms with E-state index in [1.165, 1.54) is 6.92 Å². The van der Waals surface area contributed by atoms with Crippen molar-refractivity contribution in [2.75, 3.05) is 13.1 Å². The molecule has 0 unspecified atom stereocenters. The van der Waals surface area contributed by atoms with Crippen molar-refractivity contribution < 1.29 is 9.59 Å². The van der Waals surface area contributed by atoms with E-state index in [2.05, 4.69) is 0 Å². The molecule has 17 heavy (non-hydrogen) atoms. The highest BCUT2D eigenvalue weighted by Crippen LogP contribution is 2.17. The maximum atomic E-state index is 12.1. The van der Waals surface area contributed by atoms with Crippen LogP contribution in [0.4, 0.5) is 0 Å². The zero-order valence-electron chi connectivity index (χ0n) is 9.65. The van der Waals surface area contributed by atoms with Crippen molar-refractivity contribution in [3.8, 4) is 0 Å². The number of hydrogen-bond acceptors (Lipinski definition) is 3. The molecule has 4 nitrogen and oxygen atoms in total. The largest absolute Gasteiger partial charge is 0.330 e. The van der Waals surface area contributed by atoms with Crippen LogP contribution < -0.4 is 5.73 Å².